The van der Waals surface area contributed by atoms with Crippen LogP contribution >= 0.6 is 15.9 Å². The van der Waals surface area contributed by atoms with Crippen LogP contribution < -0.4 is 0 Å². The number of benzene rings is 1. The van der Waals surface area contributed by atoms with E-state index in [2.05, 4.69) is 15.9 Å². The number of halogens is 1. The lowest BCUT2D eigenvalue weighted by Gasteiger charge is -1.96. The molecular weight excluding hydrogens is 288 g/mol. The molecule has 2 aromatic rings. The number of aldehydes is 1. The molecule has 0 N–H and O–H groups in total. The monoisotopic (exact) mass is 296 g/mol. The van der Waals surface area contributed by atoms with Gasteiger partial charge in [0.25, 0.3) is 0 Å². The minimum Gasteiger partial charge on any atom is -0.460 e. The molecule has 0 atom stereocenters. The van der Waals surface area contributed by atoms with Crippen molar-refractivity contribution in [2.45, 2.75) is 6.92 Å². The van der Waals surface area contributed by atoms with Gasteiger partial charge in [-0.05, 0) is 41.1 Å². The second kappa shape index (κ2) is 4.71. The summed E-state index contributed by atoms with van der Waals surface area (Å²) in [5.41, 5.74) is 1.04. The van der Waals surface area contributed by atoms with Gasteiger partial charge in [-0.15, -0.1) is 0 Å². The molecule has 0 unspecified atom stereocenters. The summed E-state index contributed by atoms with van der Waals surface area (Å²) in [6.45, 7) is 2.01. The van der Waals surface area contributed by atoms with Crippen molar-refractivity contribution in [2.75, 3.05) is 6.61 Å². The SMILES string of the molecule is CCOC(=O)c1cc2cc(C=O)c(Br)cc2o1. The molecule has 0 bridgehead atoms. The number of hydrogen-bond donors (Lipinski definition) is 0. The van der Waals surface area contributed by atoms with E-state index in [-0.39, 0.29) is 5.76 Å². The van der Waals surface area contributed by atoms with Crippen LogP contribution in [0.15, 0.2) is 27.1 Å². The van der Waals surface area contributed by atoms with E-state index in [4.69, 9.17) is 9.15 Å². The summed E-state index contributed by atoms with van der Waals surface area (Å²) in [5.74, 6) is -0.371. The maximum Gasteiger partial charge on any atom is 0.374 e. The Morgan fingerprint density at radius 1 is 1.47 bits per heavy atom. The summed E-state index contributed by atoms with van der Waals surface area (Å²) in [5, 5.41) is 0.693. The van der Waals surface area contributed by atoms with Gasteiger partial charge in [0.2, 0.25) is 5.76 Å². The smallest absolute Gasteiger partial charge is 0.374 e. The van der Waals surface area contributed by atoms with Crippen LogP contribution in [0, 0.1) is 0 Å². The summed E-state index contributed by atoms with van der Waals surface area (Å²) >= 11 is 3.25. The highest BCUT2D eigenvalue weighted by atomic mass is 79.9. The highest BCUT2D eigenvalue weighted by Gasteiger charge is 2.14. The van der Waals surface area contributed by atoms with Crippen LogP contribution in [0.5, 0.6) is 0 Å². The Labute approximate surface area is 106 Å². The third-order valence-electron chi connectivity index (χ3n) is 2.24. The molecule has 0 saturated heterocycles. The van der Waals surface area contributed by atoms with E-state index < -0.39 is 5.97 Å². The molecule has 0 aliphatic heterocycles. The van der Waals surface area contributed by atoms with Crippen molar-refractivity contribution in [3.05, 3.63) is 34.0 Å². The molecule has 0 amide bonds. The molecule has 1 aromatic heterocycles. The number of ether oxygens (including phenoxy) is 1. The van der Waals surface area contributed by atoms with Gasteiger partial charge in [-0.3, -0.25) is 4.79 Å². The number of carbonyl (C=O) groups is 2. The maximum atomic E-state index is 11.5. The van der Waals surface area contributed by atoms with Crippen LogP contribution in [0.3, 0.4) is 0 Å². The molecule has 0 fully saturated rings. The first kappa shape index (κ1) is 11.9. The van der Waals surface area contributed by atoms with Crippen LogP contribution in [0.25, 0.3) is 11.0 Å². The fourth-order valence-electron chi connectivity index (χ4n) is 1.47. The van der Waals surface area contributed by atoms with Gasteiger partial charge < -0.3 is 9.15 Å². The van der Waals surface area contributed by atoms with Gasteiger partial charge in [-0.25, -0.2) is 4.79 Å². The minimum absolute atomic E-state index is 0.136. The van der Waals surface area contributed by atoms with E-state index in [0.717, 1.165) is 6.29 Å². The first-order valence-corrected chi connectivity index (χ1v) is 5.80. The van der Waals surface area contributed by atoms with E-state index in [0.29, 0.717) is 27.6 Å². The molecule has 17 heavy (non-hydrogen) atoms. The zero-order valence-corrected chi connectivity index (χ0v) is 10.6. The number of hydrogen-bond acceptors (Lipinski definition) is 4. The number of rotatable bonds is 3. The molecule has 0 radical (unpaired) electrons. The van der Waals surface area contributed by atoms with Crippen molar-refractivity contribution >= 4 is 39.2 Å². The van der Waals surface area contributed by atoms with E-state index in [1.54, 1.807) is 25.1 Å². The van der Waals surface area contributed by atoms with Crippen molar-refractivity contribution in [2.24, 2.45) is 0 Å². The Morgan fingerprint density at radius 3 is 2.88 bits per heavy atom. The fraction of sp³-hybridized carbons (Fsp3) is 0.167. The van der Waals surface area contributed by atoms with Gasteiger partial charge >= 0.3 is 5.97 Å². The quantitative estimate of drug-likeness (QED) is 0.645. The Morgan fingerprint density at radius 2 is 2.24 bits per heavy atom. The zero-order valence-electron chi connectivity index (χ0n) is 9.03. The van der Waals surface area contributed by atoms with Crippen molar-refractivity contribution in [1.29, 1.82) is 0 Å². The Bertz CT molecular complexity index is 585. The van der Waals surface area contributed by atoms with Crippen LogP contribution in [0.4, 0.5) is 0 Å². The van der Waals surface area contributed by atoms with Gasteiger partial charge in [0.1, 0.15) is 5.58 Å². The number of furan rings is 1. The average Bonchev–Trinajstić information content (AvgIpc) is 2.71. The molecule has 0 spiro atoms. The third-order valence-corrected chi connectivity index (χ3v) is 2.93. The lowest BCUT2D eigenvalue weighted by molar-refractivity contribution is 0.0492. The Balaban J connectivity index is 2.50. The molecule has 0 aliphatic rings. The molecular formula is C12H9BrO4. The van der Waals surface area contributed by atoms with Crippen LogP contribution in [-0.4, -0.2) is 18.9 Å². The molecule has 1 heterocycles. The molecule has 0 saturated carbocycles. The van der Waals surface area contributed by atoms with Gasteiger partial charge in [0, 0.05) is 15.4 Å². The average molecular weight is 297 g/mol. The Kier molecular flexibility index (Phi) is 3.28. The normalized spacial score (nSPS) is 10.5. The van der Waals surface area contributed by atoms with Gasteiger partial charge in [0.05, 0.1) is 6.61 Å². The third kappa shape index (κ3) is 2.24. The van der Waals surface area contributed by atoms with Crippen LogP contribution in [0.1, 0.15) is 27.8 Å². The van der Waals surface area contributed by atoms with E-state index in [1.807, 2.05) is 0 Å². The summed E-state index contributed by atoms with van der Waals surface area (Å²) in [7, 11) is 0. The minimum atomic E-state index is -0.507. The molecule has 88 valence electrons. The molecule has 2 rings (SSSR count). The number of esters is 1. The molecule has 0 aliphatic carbocycles. The summed E-state index contributed by atoms with van der Waals surface area (Å²) in [6, 6.07) is 4.87. The first-order valence-electron chi connectivity index (χ1n) is 5.01. The van der Waals surface area contributed by atoms with Gasteiger partial charge in [0.15, 0.2) is 6.29 Å². The van der Waals surface area contributed by atoms with Crippen LogP contribution in [0.2, 0.25) is 0 Å². The molecule has 1 aromatic carbocycles. The highest BCUT2D eigenvalue weighted by molar-refractivity contribution is 9.10. The Hall–Kier alpha value is -1.62. The van der Waals surface area contributed by atoms with E-state index in [1.165, 1.54) is 0 Å². The van der Waals surface area contributed by atoms with Gasteiger partial charge in [-0.2, -0.15) is 0 Å². The van der Waals surface area contributed by atoms with E-state index in [9.17, 15) is 9.59 Å². The summed E-state index contributed by atoms with van der Waals surface area (Å²) in [4.78, 5) is 22.2. The van der Waals surface area contributed by atoms with E-state index >= 15 is 0 Å². The summed E-state index contributed by atoms with van der Waals surface area (Å²) in [6.07, 6.45) is 0.737. The van der Waals surface area contributed by atoms with Crippen molar-refractivity contribution < 1.29 is 18.7 Å². The molecule has 5 heteroatoms. The van der Waals surface area contributed by atoms with Crippen molar-refractivity contribution in [3.8, 4) is 0 Å². The predicted molar refractivity (Wildman–Crippen MR) is 65.3 cm³/mol. The standard InChI is InChI=1S/C12H9BrO4/c1-2-16-12(15)11-4-7-3-8(6-14)9(13)5-10(7)17-11/h3-6H,2H2,1H3. The first-order chi connectivity index (χ1) is 8.15. The van der Waals surface area contributed by atoms with Gasteiger partial charge in [-0.1, -0.05) is 0 Å². The predicted octanol–water partition coefficient (Wildman–Crippen LogP) is 3.18. The topological polar surface area (TPSA) is 56.5 Å². The fourth-order valence-corrected chi connectivity index (χ4v) is 1.89. The second-order valence-corrected chi connectivity index (χ2v) is 4.21. The number of fused-ring (bicyclic) bond motifs is 1. The molecule has 4 nitrogen and oxygen atoms in total. The van der Waals surface area contributed by atoms with Crippen LogP contribution in [-0.2, 0) is 4.74 Å². The van der Waals surface area contributed by atoms with Crippen molar-refractivity contribution in [3.63, 3.8) is 0 Å². The second-order valence-electron chi connectivity index (χ2n) is 3.36. The lowest BCUT2D eigenvalue weighted by atomic mass is 10.2. The zero-order chi connectivity index (χ0) is 12.4. The summed E-state index contributed by atoms with van der Waals surface area (Å²) < 4.78 is 10.8. The lowest BCUT2D eigenvalue weighted by Crippen LogP contribution is -2.02. The number of carbonyl (C=O) groups excluding carboxylic acids is 2. The largest absolute Gasteiger partial charge is 0.460 e. The van der Waals surface area contributed by atoms with Crippen molar-refractivity contribution in [1.82, 2.24) is 0 Å². The maximum absolute atomic E-state index is 11.5. The highest BCUT2D eigenvalue weighted by Crippen LogP contribution is 2.26.